The summed E-state index contributed by atoms with van der Waals surface area (Å²) >= 11 is 7.45. The first-order valence-electron chi connectivity index (χ1n) is 1.83. The van der Waals surface area contributed by atoms with Crippen LogP contribution in [0, 0.1) is 0 Å². The van der Waals surface area contributed by atoms with Crippen molar-refractivity contribution >= 4 is 25.3 Å². The van der Waals surface area contributed by atoms with E-state index in [1.54, 1.807) is 0 Å². The molecule has 2 N–H and O–H groups in total. The number of thiol groups is 2. The summed E-state index contributed by atoms with van der Waals surface area (Å²) < 4.78 is -0.440. The normalized spacial score (nSPS) is 15.0. The summed E-state index contributed by atoms with van der Waals surface area (Å²) in [5, 5.41) is 16.7. The Morgan fingerprint density at radius 2 is 1.86 bits per heavy atom. The number of hydrogen-bond donors (Lipinski definition) is 4. The highest BCUT2D eigenvalue weighted by Gasteiger charge is 2.06. The van der Waals surface area contributed by atoms with Crippen molar-refractivity contribution in [1.29, 1.82) is 0 Å². The Balaban J connectivity index is 3.14. The molecule has 0 aliphatic heterocycles. The van der Waals surface area contributed by atoms with Crippen LogP contribution in [0.1, 0.15) is 0 Å². The van der Waals surface area contributed by atoms with Crippen molar-refractivity contribution in [2.45, 2.75) is 10.7 Å². The maximum atomic E-state index is 8.53. The minimum Gasteiger partial charge on any atom is -0.394 e. The molecule has 7 heavy (non-hydrogen) atoms. The second-order valence-corrected chi connectivity index (χ2v) is 2.68. The summed E-state index contributed by atoms with van der Waals surface area (Å²) in [6.45, 7) is -0.280. The fourth-order valence-electron chi connectivity index (χ4n) is 0.0943. The minimum atomic E-state index is -0.813. The molecule has 0 aromatic heterocycles. The standard InChI is InChI=1S/C3H8O2S2/c4-1-2(5)3(6)7/h2-7H,1H2. The molecular weight excluding hydrogens is 132 g/mol. The van der Waals surface area contributed by atoms with Gasteiger partial charge in [0.15, 0.2) is 0 Å². The van der Waals surface area contributed by atoms with Gasteiger partial charge in [0, 0.05) is 0 Å². The molecule has 0 radical (unpaired) electrons. The van der Waals surface area contributed by atoms with Gasteiger partial charge in [-0.05, 0) is 0 Å². The molecule has 0 saturated heterocycles. The molecule has 0 bridgehead atoms. The molecular formula is C3H8O2S2. The molecule has 0 saturated carbocycles. The topological polar surface area (TPSA) is 40.5 Å². The lowest BCUT2D eigenvalue weighted by Gasteiger charge is -2.07. The van der Waals surface area contributed by atoms with E-state index in [1.807, 2.05) is 0 Å². The van der Waals surface area contributed by atoms with E-state index < -0.39 is 10.7 Å². The second kappa shape index (κ2) is 3.60. The molecule has 0 aliphatic rings. The van der Waals surface area contributed by atoms with Crippen molar-refractivity contribution in [3.05, 3.63) is 0 Å². The van der Waals surface area contributed by atoms with Crippen LogP contribution in [0.3, 0.4) is 0 Å². The average Bonchev–Trinajstić information content (AvgIpc) is 1.65. The van der Waals surface area contributed by atoms with Crippen molar-refractivity contribution in [3.8, 4) is 0 Å². The third kappa shape index (κ3) is 3.22. The van der Waals surface area contributed by atoms with E-state index in [0.29, 0.717) is 0 Å². The van der Waals surface area contributed by atoms with Crippen LogP contribution in [-0.2, 0) is 0 Å². The lowest BCUT2D eigenvalue weighted by atomic mass is 10.4. The van der Waals surface area contributed by atoms with Crippen molar-refractivity contribution in [2.24, 2.45) is 0 Å². The van der Waals surface area contributed by atoms with Gasteiger partial charge in [-0.15, -0.1) is 0 Å². The number of aliphatic hydroxyl groups is 2. The van der Waals surface area contributed by atoms with E-state index >= 15 is 0 Å². The Bertz CT molecular complexity index is 48.2. The molecule has 1 unspecified atom stereocenters. The fraction of sp³-hybridized carbons (Fsp3) is 1.00. The zero-order valence-corrected chi connectivity index (χ0v) is 5.44. The van der Waals surface area contributed by atoms with E-state index in [4.69, 9.17) is 10.2 Å². The molecule has 0 heterocycles. The zero-order valence-electron chi connectivity index (χ0n) is 3.65. The smallest absolute Gasteiger partial charge is 0.0975 e. The van der Waals surface area contributed by atoms with E-state index in [-0.39, 0.29) is 6.61 Å². The van der Waals surface area contributed by atoms with E-state index in [0.717, 1.165) is 0 Å². The first-order valence-corrected chi connectivity index (χ1v) is 2.87. The van der Waals surface area contributed by atoms with Gasteiger partial charge in [-0.2, -0.15) is 25.3 Å². The van der Waals surface area contributed by atoms with Crippen LogP contribution in [0.15, 0.2) is 0 Å². The van der Waals surface area contributed by atoms with Crippen LogP contribution < -0.4 is 0 Å². The molecule has 0 aromatic rings. The molecule has 0 spiro atoms. The van der Waals surface area contributed by atoms with Gasteiger partial charge in [-0.1, -0.05) is 0 Å². The van der Waals surface area contributed by atoms with E-state index in [1.165, 1.54) is 0 Å². The van der Waals surface area contributed by atoms with E-state index in [2.05, 4.69) is 25.3 Å². The van der Waals surface area contributed by atoms with Crippen molar-refractivity contribution in [2.75, 3.05) is 6.61 Å². The SMILES string of the molecule is OCC(O)C(S)S. The first kappa shape index (κ1) is 7.62. The lowest BCUT2D eigenvalue weighted by Crippen LogP contribution is -2.19. The molecule has 0 rings (SSSR count). The molecule has 1 atom stereocenters. The van der Waals surface area contributed by atoms with Gasteiger partial charge in [-0.3, -0.25) is 0 Å². The third-order valence-electron chi connectivity index (χ3n) is 0.531. The summed E-state index contributed by atoms with van der Waals surface area (Å²) in [6.07, 6.45) is -0.813. The summed E-state index contributed by atoms with van der Waals surface area (Å²) in [5.74, 6) is 0. The van der Waals surface area contributed by atoms with Crippen LogP contribution in [0.4, 0.5) is 0 Å². The highest BCUT2D eigenvalue weighted by Crippen LogP contribution is 2.04. The Hall–Kier alpha value is 0.620. The van der Waals surface area contributed by atoms with E-state index in [9.17, 15) is 0 Å². The van der Waals surface area contributed by atoms with Crippen molar-refractivity contribution in [1.82, 2.24) is 0 Å². The quantitative estimate of drug-likeness (QED) is 0.309. The van der Waals surface area contributed by atoms with Gasteiger partial charge in [0.05, 0.1) is 17.3 Å². The number of hydrogen-bond acceptors (Lipinski definition) is 4. The fourth-order valence-corrected chi connectivity index (χ4v) is 0.283. The van der Waals surface area contributed by atoms with Crippen molar-refractivity contribution < 1.29 is 10.2 Å². The zero-order chi connectivity index (χ0) is 5.86. The van der Waals surface area contributed by atoms with Crippen LogP contribution >= 0.6 is 25.3 Å². The highest BCUT2D eigenvalue weighted by molar-refractivity contribution is 7.99. The van der Waals surface area contributed by atoms with Gasteiger partial charge in [0.1, 0.15) is 0 Å². The molecule has 0 amide bonds. The second-order valence-electron chi connectivity index (χ2n) is 1.16. The summed E-state index contributed by atoms with van der Waals surface area (Å²) in [6, 6.07) is 0. The molecule has 4 heteroatoms. The molecule has 0 fully saturated rings. The van der Waals surface area contributed by atoms with Crippen LogP contribution in [0.25, 0.3) is 0 Å². The predicted molar refractivity (Wildman–Crippen MR) is 34.9 cm³/mol. The minimum absolute atomic E-state index is 0.280. The van der Waals surface area contributed by atoms with Gasteiger partial charge in [0.25, 0.3) is 0 Å². The van der Waals surface area contributed by atoms with Gasteiger partial charge < -0.3 is 10.2 Å². The first-order chi connectivity index (χ1) is 3.18. The Morgan fingerprint density at radius 3 is 1.86 bits per heavy atom. The molecule has 2 nitrogen and oxygen atoms in total. The highest BCUT2D eigenvalue weighted by atomic mass is 32.2. The van der Waals surface area contributed by atoms with Crippen LogP contribution in [-0.4, -0.2) is 27.5 Å². The Kier molecular flexibility index (Phi) is 3.92. The molecule has 44 valence electrons. The van der Waals surface area contributed by atoms with Crippen LogP contribution in [0.2, 0.25) is 0 Å². The van der Waals surface area contributed by atoms with Gasteiger partial charge in [0.2, 0.25) is 0 Å². The maximum absolute atomic E-state index is 8.53. The monoisotopic (exact) mass is 140 g/mol. The van der Waals surface area contributed by atoms with Crippen LogP contribution in [0.5, 0.6) is 0 Å². The molecule has 0 aromatic carbocycles. The van der Waals surface area contributed by atoms with Gasteiger partial charge >= 0.3 is 0 Å². The Labute approximate surface area is 53.4 Å². The third-order valence-corrected chi connectivity index (χ3v) is 1.22. The lowest BCUT2D eigenvalue weighted by molar-refractivity contribution is 0.108. The van der Waals surface area contributed by atoms with Crippen molar-refractivity contribution in [3.63, 3.8) is 0 Å². The average molecular weight is 140 g/mol. The predicted octanol–water partition coefficient (Wildman–Crippen LogP) is -0.475. The summed E-state index contributed by atoms with van der Waals surface area (Å²) in [7, 11) is 0. The summed E-state index contributed by atoms with van der Waals surface area (Å²) in [5.41, 5.74) is 0. The maximum Gasteiger partial charge on any atom is 0.0975 e. The largest absolute Gasteiger partial charge is 0.394 e. The number of rotatable bonds is 2. The Morgan fingerprint density at radius 1 is 1.43 bits per heavy atom. The van der Waals surface area contributed by atoms with Gasteiger partial charge in [-0.25, -0.2) is 0 Å². The molecule has 0 aliphatic carbocycles. The number of aliphatic hydroxyl groups excluding tert-OH is 2. The summed E-state index contributed by atoms with van der Waals surface area (Å²) in [4.78, 5) is 0.